The number of nitrogens with zero attached hydrogens (tertiary/aromatic N) is 3. The number of aromatic nitrogens is 2. The van der Waals surface area contributed by atoms with Crippen molar-refractivity contribution in [2.75, 3.05) is 0 Å². The highest BCUT2D eigenvalue weighted by Gasteiger charge is 2.27. The Labute approximate surface area is 366 Å². The van der Waals surface area contributed by atoms with Crippen LogP contribution >= 0.6 is 0 Å². The van der Waals surface area contributed by atoms with E-state index in [4.69, 9.17) is 9.41 Å². The first-order valence-electron chi connectivity index (χ1n) is 22.1. The molecule has 0 amide bonds. The fraction of sp³-hybridized carbons (Fsp3) is 0.102. The summed E-state index contributed by atoms with van der Waals surface area (Å²) in [6.07, 6.45) is 1.68. The number of rotatable bonds is 6. The van der Waals surface area contributed by atoms with Crippen molar-refractivity contribution in [3.8, 4) is 11.4 Å². The SMILES string of the molecule is CC/C1=C(c2ccccc2)/N=C(/c2cccc3oc4ccccc4c23)C(C)/C(C)=C(\c2cccc(-n3c4ccccc4c4c3ccc3c5ccccc5n(-c5ccccc5)c34)c2)C1. The van der Waals surface area contributed by atoms with Gasteiger partial charge in [0, 0.05) is 60.7 Å². The lowest BCUT2D eigenvalue weighted by Crippen LogP contribution is -2.18. The van der Waals surface area contributed by atoms with Gasteiger partial charge in [-0.25, -0.2) is 0 Å². The maximum Gasteiger partial charge on any atom is 0.136 e. The summed E-state index contributed by atoms with van der Waals surface area (Å²) in [6, 6.07) is 68.0. The van der Waals surface area contributed by atoms with Crippen LogP contribution < -0.4 is 0 Å². The zero-order valence-electron chi connectivity index (χ0n) is 35.6. The first kappa shape index (κ1) is 37.1. The predicted octanol–water partition coefficient (Wildman–Crippen LogP) is 15.9. The van der Waals surface area contributed by atoms with E-state index in [-0.39, 0.29) is 5.92 Å². The number of allylic oxidation sites excluding steroid dienone is 3. The van der Waals surface area contributed by atoms with E-state index in [0.717, 1.165) is 68.7 Å². The Morgan fingerprint density at radius 2 is 1.17 bits per heavy atom. The summed E-state index contributed by atoms with van der Waals surface area (Å²) in [4.78, 5) is 5.73. The third-order valence-corrected chi connectivity index (χ3v) is 13.6. The highest BCUT2D eigenvalue weighted by atomic mass is 16.3. The normalized spacial score (nSPS) is 18.1. The van der Waals surface area contributed by atoms with Gasteiger partial charge in [-0.2, -0.15) is 0 Å². The summed E-state index contributed by atoms with van der Waals surface area (Å²) >= 11 is 0. The van der Waals surface area contributed by atoms with Crippen LogP contribution in [-0.2, 0) is 0 Å². The molecule has 0 fully saturated rings. The van der Waals surface area contributed by atoms with E-state index in [0.29, 0.717) is 0 Å². The van der Waals surface area contributed by atoms with Gasteiger partial charge < -0.3 is 13.6 Å². The maximum atomic E-state index is 6.44. The summed E-state index contributed by atoms with van der Waals surface area (Å²) < 4.78 is 11.4. The van der Waals surface area contributed by atoms with Crippen LogP contribution in [0.3, 0.4) is 0 Å². The standard InChI is InChI=1S/C59H45N3O/c1-4-39-36-49(37(2)38(3)57(60-58(39)40-19-7-5-8-20-40)48-28-18-32-54-55(48)47-27-13-16-31-53(47)63-54)41-21-17-24-43(35-41)61-51-30-15-12-26-46(51)56-52(61)34-33-45-44-25-11-14-29-50(44)62(59(45)56)42-22-9-6-10-23-42/h5-35,38H,4,36H2,1-3H3/b49-37-,58-39-,60-57+. The summed E-state index contributed by atoms with van der Waals surface area (Å²) in [5.74, 6) is 0.0152. The number of fused-ring (bicyclic) bond motifs is 10. The summed E-state index contributed by atoms with van der Waals surface area (Å²) in [7, 11) is 0. The third-order valence-electron chi connectivity index (χ3n) is 13.6. The van der Waals surface area contributed by atoms with E-state index in [1.165, 1.54) is 65.9 Å². The summed E-state index contributed by atoms with van der Waals surface area (Å²) in [5.41, 5.74) is 18.5. The van der Waals surface area contributed by atoms with Crippen molar-refractivity contribution in [3.63, 3.8) is 0 Å². The molecule has 1 aliphatic rings. The molecule has 1 atom stereocenters. The highest BCUT2D eigenvalue weighted by Crippen LogP contribution is 2.44. The molecule has 0 saturated carbocycles. The summed E-state index contributed by atoms with van der Waals surface area (Å²) in [6.45, 7) is 6.94. The minimum absolute atomic E-state index is 0.0152. The molecule has 0 radical (unpaired) electrons. The lowest BCUT2D eigenvalue weighted by Gasteiger charge is -2.26. The average Bonchev–Trinajstić information content (AvgIpc) is 4.00. The second-order valence-electron chi connectivity index (χ2n) is 17.0. The summed E-state index contributed by atoms with van der Waals surface area (Å²) in [5, 5.41) is 7.24. The molecule has 63 heavy (non-hydrogen) atoms. The highest BCUT2D eigenvalue weighted by molar-refractivity contribution is 6.26. The van der Waals surface area contributed by atoms with Gasteiger partial charge in [0.05, 0.1) is 33.5 Å². The van der Waals surface area contributed by atoms with Gasteiger partial charge in [0.25, 0.3) is 0 Å². The molecule has 3 aromatic heterocycles. The Hall–Kier alpha value is -7.69. The quantitative estimate of drug-likeness (QED) is 0.165. The van der Waals surface area contributed by atoms with Gasteiger partial charge in [0.2, 0.25) is 0 Å². The van der Waals surface area contributed by atoms with Gasteiger partial charge in [-0.1, -0.05) is 153 Å². The second kappa shape index (κ2) is 14.7. The molecule has 0 spiro atoms. The monoisotopic (exact) mass is 811 g/mol. The first-order chi connectivity index (χ1) is 31.1. The van der Waals surface area contributed by atoms with Gasteiger partial charge in [-0.05, 0) is 91.1 Å². The molecule has 302 valence electrons. The second-order valence-corrected chi connectivity index (χ2v) is 17.0. The molecule has 0 bridgehead atoms. The lowest BCUT2D eigenvalue weighted by atomic mass is 9.81. The zero-order valence-corrected chi connectivity index (χ0v) is 35.6. The minimum atomic E-state index is 0.0152. The van der Waals surface area contributed by atoms with E-state index in [9.17, 15) is 0 Å². The van der Waals surface area contributed by atoms with Crippen molar-refractivity contribution in [3.05, 3.63) is 216 Å². The molecule has 4 nitrogen and oxygen atoms in total. The third kappa shape index (κ3) is 5.78. The van der Waals surface area contributed by atoms with Gasteiger partial charge >= 0.3 is 0 Å². The molecular weight excluding hydrogens is 767 g/mol. The topological polar surface area (TPSA) is 35.4 Å². The average molecular weight is 812 g/mol. The van der Waals surface area contributed by atoms with Crippen LogP contribution in [0.4, 0.5) is 0 Å². The van der Waals surface area contributed by atoms with Crippen molar-refractivity contribution in [1.82, 2.24) is 9.13 Å². The van der Waals surface area contributed by atoms with E-state index >= 15 is 0 Å². The molecule has 0 saturated heterocycles. The smallest absolute Gasteiger partial charge is 0.136 e. The van der Waals surface area contributed by atoms with Crippen molar-refractivity contribution >= 4 is 82.5 Å². The number of benzene rings is 8. The van der Waals surface area contributed by atoms with E-state index < -0.39 is 0 Å². The fourth-order valence-electron chi connectivity index (χ4n) is 10.4. The van der Waals surface area contributed by atoms with E-state index in [1.54, 1.807) is 0 Å². The van der Waals surface area contributed by atoms with Crippen molar-refractivity contribution < 1.29 is 4.42 Å². The van der Waals surface area contributed by atoms with Crippen LogP contribution in [0.2, 0.25) is 0 Å². The van der Waals surface area contributed by atoms with Gasteiger partial charge in [-0.3, -0.25) is 4.99 Å². The van der Waals surface area contributed by atoms with Crippen LogP contribution in [0.25, 0.3) is 88.2 Å². The molecule has 1 unspecified atom stereocenters. The van der Waals surface area contributed by atoms with Crippen LogP contribution in [0.5, 0.6) is 0 Å². The first-order valence-corrected chi connectivity index (χ1v) is 22.1. The Kier molecular flexibility index (Phi) is 8.68. The molecule has 1 aliphatic heterocycles. The van der Waals surface area contributed by atoms with Gasteiger partial charge in [0.1, 0.15) is 11.2 Å². The van der Waals surface area contributed by atoms with Crippen LogP contribution in [-0.4, -0.2) is 14.8 Å². The molecule has 4 heterocycles. The zero-order chi connectivity index (χ0) is 42.2. The van der Waals surface area contributed by atoms with Crippen molar-refractivity contribution in [1.29, 1.82) is 0 Å². The molecule has 0 N–H and O–H groups in total. The molecule has 12 rings (SSSR count). The molecule has 11 aromatic rings. The number of furan rings is 1. The molecule has 8 aromatic carbocycles. The number of aliphatic imine (C=N–C) groups is 1. The van der Waals surface area contributed by atoms with Crippen LogP contribution in [0.15, 0.2) is 209 Å². The maximum absolute atomic E-state index is 6.44. The Morgan fingerprint density at radius 3 is 1.97 bits per heavy atom. The number of para-hydroxylation sites is 4. The number of hydrogen-bond acceptors (Lipinski definition) is 2. The molecule has 0 aliphatic carbocycles. The van der Waals surface area contributed by atoms with Crippen molar-refractivity contribution in [2.24, 2.45) is 10.9 Å². The Morgan fingerprint density at radius 1 is 0.540 bits per heavy atom. The minimum Gasteiger partial charge on any atom is -0.456 e. The van der Waals surface area contributed by atoms with Gasteiger partial charge in [-0.15, -0.1) is 0 Å². The van der Waals surface area contributed by atoms with Crippen LogP contribution in [0.1, 0.15) is 50.3 Å². The van der Waals surface area contributed by atoms with E-state index in [1.807, 2.05) is 6.07 Å². The number of hydrogen-bond donors (Lipinski definition) is 0. The van der Waals surface area contributed by atoms with E-state index in [2.05, 4.69) is 212 Å². The van der Waals surface area contributed by atoms with Crippen molar-refractivity contribution in [2.45, 2.75) is 33.6 Å². The largest absolute Gasteiger partial charge is 0.456 e. The predicted molar refractivity (Wildman–Crippen MR) is 265 cm³/mol. The van der Waals surface area contributed by atoms with Crippen LogP contribution in [0, 0.1) is 5.92 Å². The van der Waals surface area contributed by atoms with Gasteiger partial charge in [0.15, 0.2) is 0 Å². The lowest BCUT2D eigenvalue weighted by molar-refractivity contribution is 0.669. The molecular formula is C59H45N3O. The Bertz CT molecular complexity index is 3700. The Balaban J connectivity index is 1.09. The molecule has 4 heteroatoms. The fourth-order valence-corrected chi connectivity index (χ4v) is 10.4.